The maximum Gasteiger partial charge on any atom is 0.306 e. The molecule has 2 fully saturated rings. The molecular weight excluding hydrogens is 574 g/mol. The Morgan fingerprint density at radius 3 is 2.50 bits per heavy atom. The van der Waals surface area contributed by atoms with Gasteiger partial charge in [-0.2, -0.15) is 10.1 Å². The molecule has 1 saturated heterocycles. The van der Waals surface area contributed by atoms with E-state index in [0.717, 1.165) is 76.1 Å². The van der Waals surface area contributed by atoms with Gasteiger partial charge in [0.15, 0.2) is 0 Å². The van der Waals surface area contributed by atoms with Gasteiger partial charge >= 0.3 is 5.97 Å². The number of hydrogen-bond donors (Lipinski definition) is 3. The quantitative estimate of drug-likeness (QED) is 0.208. The number of aliphatic carboxylic acids is 1. The molecule has 0 amide bonds. The van der Waals surface area contributed by atoms with Gasteiger partial charge < -0.3 is 20.6 Å². The zero-order valence-electron chi connectivity index (χ0n) is 28.2. The second-order valence-corrected chi connectivity index (χ2v) is 14.4. The molecule has 3 aromatic rings. The van der Waals surface area contributed by atoms with Crippen molar-refractivity contribution in [3.05, 3.63) is 65.1 Å². The van der Waals surface area contributed by atoms with Crippen LogP contribution in [0, 0.1) is 17.8 Å². The summed E-state index contributed by atoms with van der Waals surface area (Å²) in [6.07, 6.45) is 12.9. The second-order valence-electron chi connectivity index (χ2n) is 14.4. The standard InChI is InChI=1S/C37H53N7O2/c1-5-31(27-13-15-28(16-14-27)36(45)46)40-37-41-32-18-17-30(26-11-7-6-8-12-26)25(3)34(32)35(42-37)39-33(29-20-38-43(4)22-29)23-44-19-9-10-24(2)21-44/h6-8,11-12,20,22,24-25,27-28,30-31,33H,5,9-10,13-19,21,23H2,1-4H3,(H,45,46)(H2,39,40,41,42)/t24-,25+,27?,28?,30+,31+,33-/m0/s1. The zero-order chi connectivity index (χ0) is 32.2. The summed E-state index contributed by atoms with van der Waals surface area (Å²) in [4.78, 5) is 24.7. The maximum absolute atomic E-state index is 11.6. The number of carboxylic acid groups (broad SMARTS) is 1. The van der Waals surface area contributed by atoms with Crippen LogP contribution in [0.1, 0.15) is 112 Å². The molecule has 0 bridgehead atoms. The first-order valence-electron chi connectivity index (χ1n) is 17.7. The number of benzene rings is 1. The predicted molar refractivity (Wildman–Crippen MR) is 183 cm³/mol. The van der Waals surface area contributed by atoms with E-state index < -0.39 is 5.97 Å². The third kappa shape index (κ3) is 7.40. The molecule has 0 spiro atoms. The first-order chi connectivity index (χ1) is 22.3. The van der Waals surface area contributed by atoms with Crippen LogP contribution in [-0.4, -0.2) is 61.4 Å². The fourth-order valence-corrected chi connectivity index (χ4v) is 8.48. The van der Waals surface area contributed by atoms with Crippen molar-refractivity contribution in [1.29, 1.82) is 0 Å². The molecule has 9 nitrogen and oxygen atoms in total. The molecule has 1 aromatic carbocycles. The van der Waals surface area contributed by atoms with Gasteiger partial charge in [0.2, 0.25) is 5.95 Å². The highest BCUT2D eigenvalue weighted by molar-refractivity contribution is 5.70. The van der Waals surface area contributed by atoms with Crippen molar-refractivity contribution in [2.45, 2.75) is 102 Å². The minimum atomic E-state index is -0.654. The van der Waals surface area contributed by atoms with Gasteiger partial charge in [-0.3, -0.25) is 9.48 Å². The summed E-state index contributed by atoms with van der Waals surface area (Å²) in [5.41, 5.74) is 4.93. The van der Waals surface area contributed by atoms with Crippen molar-refractivity contribution >= 4 is 17.7 Å². The van der Waals surface area contributed by atoms with Crippen molar-refractivity contribution in [2.75, 3.05) is 30.3 Å². The third-order valence-electron chi connectivity index (χ3n) is 11.1. The second kappa shape index (κ2) is 14.5. The molecule has 1 aliphatic heterocycles. The van der Waals surface area contributed by atoms with Crippen molar-refractivity contribution in [3.63, 3.8) is 0 Å². The average molecular weight is 628 g/mol. The fraction of sp³-hybridized carbons (Fsp3) is 0.622. The van der Waals surface area contributed by atoms with Crippen LogP contribution in [0.15, 0.2) is 42.7 Å². The highest BCUT2D eigenvalue weighted by Gasteiger charge is 2.35. The van der Waals surface area contributed by atoms with Crippen molar-refractivity contribution in [3.8, 4) is 0 Å². The molecule has 6 rings (SSSR count). The van der Waals surface area contributed by atoms with E-state index in [0.29, 0.717) is 23.7 Å². The predicted octanol–water partition coefficient (Wildman–Crippen LogP) is 7.01. The number of rotatable bonds is 11. The fourth-order valence-electron chi connectivity index (χ4n) is 8.48. The molecule has 3 aliphatic rings. The molecule has 0 radical (unpaired) electrons. The number of carboxylic acids is 1. The van der Waals surface area contributed by atoms with Gasteiger partial charge in [-0.15, -0.1) is 0 Å². The average Bonchev–Trinajstić information content (AvgIpc) is 3.50. The number of piperidine rings is 1. The Labute approximate surface area is 274 Å². The molecule has 2 aromatic heterocycles. The Balaban J connectivity index is 1.33. The summed E-state index contributed by atoms with van der Waals surface area (Å²) in [7, 11) is 1.99. The normalized spacial score (nSPS) is 26.6. The van der Waals surface area contributed by atoms with Crippen LogP contribution in [0.5, 0.6) is 0 Å². The van der Waals surface area contributed by atoms with E-state index in [9.17, 15) is 9.90 Å². The maximum atomic E-state index is 11.6. The van der Waals surface area contributed by atoms with Crippen LogP contribution >= 0.6 is 0 Å². The first kappa shape index (κ1) is 32.5. The van der Waals surface area contributed by atoms with Gasteiger partial charge in [0.1, 0.15) is 5.82 Å². The Kier molecular flexibility index (Phi) is 10.3. The van der Waals surface area contributed by atoms with Crippen LogP contribution in [0.2, 0.25) is 0 Å². The zero-order valence-corrected chi connectivity index (χ0v) is 28.2. The summed E-state index contributed by atoms with van der Waals surface area (Å²) < 4.78 is 1.89. The molecule has 2 aliphatic carbocycles. The Hall–Kier alpha value is -3.46. The lowest BCUT2D eigenvalue weighted by Crippen LogP contribution is -2.39. The number of aromatic nitrogens is 4. The summed E-state index contributed by atoms with van der Waals surface area (Å²) in [5.74, 6) is 2.55. The van der Waals surface area contributed by atoms with Gasteiger partial charge in [0, 0.05) is 43.5 Å². The van der Waals surface area contributed by atoms with Gasteiger partial charge in [-0.25, -0.2) is 4.98 Å². The molecule has 46 heavy (non-hydrogen) atoms. The minimum Gasteiger partial charge on any atom is -0.481 e. The molecule has 5 atom stereocenters. The topological polar surface area (TPSA) is 108 Å². The molecule has 248 valence electrons. The van der Waals surface area contributed by atoms with Crippen LogP contribution in [0.3, 0.4) is 0 Å². The number of likely N-dealkylation sites (tertiary alicyclic amines) is 1. The number of aryl methyl sites for hydroxylation is 2. The van der Waals surface area contributed by atoms with E-state index in [1.54, 1.807) is 0 Å². The number of nitrogens with one attached hydrogen (secondary N) is 2. The lowest BCUT2D eigenvalue weighted by Gasteiger charge is -2.36. The molecule has 3 heterocycles. The molecule has 0 unspecified atom stereocenters. The van der Waals surface area contributed by atoms with Gasteiger partial charge in [0.05, 0.1) is 23.9 Å². The van der Waals surface area contributed by atoms with E-state index in [-0.39, 0.29) is 23.9 Å². The van der Waals surface area contributed by atoms with E-state index in [4.69, 9.17) is 9.97 Å². The Morgan fingerprint density at radius 2 is 1.83 bits per heavy atom. The van der Waals surface area contributed by atoms with Crippen LogP contribution in [0.25, 0.3) is 0 Å². The van der Waals surface area contributed by atoms with Crippen molar-refractivity contribution in [2.24, 2.45) is 24.8 Å². The van der Waals surface area contributed by atoms with Gasteiger partial charge in [-0.05, 0) is 93.6 Å². The molecule has 3 N–H and O–H groups in total. The minimum absolute atomic E-state index is 0.0448. The summed E-state index contributed by atoms with van der Waals surface area (Å²) >= 11 is 0. The number of fused-ring (bicyclic) bond motifs is 1. The van der Waals surface area contributed by atoms with E-state index in [1.807, 2.05) is 17.9 Å². The van der Waals surface area contributed by atoms with Crippen molar-refractivity contribution < 1.29 is 9.90 Å². The highest BCUT2D eigenvalue weighted by atomic mass is 16.4. The number of carbonyl (C=O) groups is 1. The third-order valence-corrected chi connectivity index (χ3v) is 11.1. The Bertz CT molecular complexity index is 1450. The van der Waals surface area contributed by atoms with E-state index >= 15 is 0 Å². The van der Waals surface area contributed by atoms with Crippen LogP contribution in [-0.2, 0) is 18.3 Å². The number of anilines is 2. The Morgan fingerprint density at radius 1 is 1.04 bits per heavy atom. The van der Waals surface area contributed by atoms with E-state index in [2.05, 4.69) is 77.9 Å². The molecule has 1 saturated carbocycles. The first-order valence-corrected chi connectivity index (χ1v) is 17.7. The molecular formula is C37H53N7O2. The largest absolute Gasteiger partial charge is 0.481 e. The van der Waals surface area contributed by atoms with Crippen LogP contribution in [0.4, 0.5) is 11.8 Å². The SMILES string of the molecule is CC[C@@H](Nc1nc2c(c(N[C@@H](CN3CCC[C@H](C)C3)c3cnn(C)c3)n1)[C@H](C)[C@H](c1ccccc1)CC2)C1CCC(C(=O)O)CC1. The summed E-state index contributed by atoms with van der Waals surface area (Å²) in [6.45, 7) is 10.1. The van der Waals surface area contributed by atoms with Gasteiger partial charge in [0.25, 0.3) is 0 Å². The van der Waals surface area contributed by atoms with Crippen molar-refractivity contribution in [1.82, 2.24) is 24.6 Å². The van der Waals surface area contributed by atoms with E-state index in [1.165, 1.54) is 29.5 Å². The highest BCUT2D eigenvalue weighted by Crippen LogP contribution is 2.45. The van der Waals surface area contributed by atoms with Gasteiger partial charge in [-0.1, -0.05) is 51.1 Å². The number of hydrogen-bond acceptors (Lipinski definition) is 7. The van der Waals surface area contributed by atoms with Crippen LogP contribution < -0.4 is 10.6 Å². The lowest BCUT2D eigenvalue weighted by atomic mass is 9.74. The molecule has 9 heteroatoms. The summed E-state index contributed by atoms with van der Waals surface area (Å²) in [6, 6.07) is 11.2. The smallest absolute Gasteiger partial charge is 0.306 e. The monoisotopic (exact) mass is 627 g/mol. The number of nitrogens with zero attached hydrogens (tertiary/aromatic N) is 5. The lowest BCUT2D eigenvalue weighted by molar-refractivity contribution is -0.143. The summed E-state index contributed by atoms with van der Waals surface area (Å²) in [5, 5.41) is 21.8.